The molecule has 0 fully saturated rings. The minimum atomic E-state index is -3.98. The Morgan fingerprint density at radius 3 is 2.48 bits per heavy atom. The Kier molecular flexibility index (Phi) is 3.16. The standard InChI is InChI=1S/C16H10N2O2S/c17-11-21(19,20)16-9-13(12-4-2-1-3-5-12)8-14-10-18-7-6-15(14)16/h1-10H. The third kappa shape index (κ3) is 2.37. The van der Waals surface area contributed by atoms with Gasteiger partial charge >= 0.3 is 0 Å². The zero-order valence-electron chi connectivity index (χ0n) is 10.9. The van der Waals surface area contributed by atoms with Crippen LogP contribution in [0.5, 0.6) is 0 Å². The Balaban J connectivity index is 2.39. The highest BCUT2D eigenvalue weighted by molar-refractivity contribution is 7.96. The summed E-state index contributed by atoms with van der Waals surface area (Å²) in [6.45, 7) is 0. The van der Waals surface area contributed by atoms with Gasteiger partial charge in [-0.25, -0.2) is 8.42 Å². The largest absolute Gasteiger partial charge is 0.270 e. The molecule has 4 nitrogen and oxygen atoms in total. The summed E-state index contributed by atoms with van der Waals surface area (Å²) in [5, 5.41) is 11.5. The van der Waals surface area contributed by atoms with E-state index in [1.54, 1.807) is 12.3 Å². The van der Waals surface area contributed by atoms with Crippen molar-refractivity contribution in [3.63, 3.8) is 0 Å². The van der Waals surface area contributed by atoms with Crippen molar-refractivity contribution in [2.24, 2.45) is 0 Å². The Labute approximate surface area is 122 Å². The maximum absolute atomic E-state index is 12.0. The van der Waals surface area contributed by atoms with E-state index < -0.39 is 9.84 Å². The molecule has 1 heterocycles. The Morgan fingerprint density at radius 2 is 1.76 bits per heavy atom. The number of fused-ring (bicyclic) bond motifs is 1. The van der Waals surface area contributed by atoms with Crippen molar-refractivity contribution in [1.82, 2.24) is 4.98 Å². The summed E-state index contributed by atoms with van der Waals surface area (Å²) >= 11 is 0. The second-order valence-electron chi connectivity index (χ2n) is 4.53. The highest BCUT2D eigenvalue weighted by atomic mass is 32.2. The molecule has 1 aromatic heterocycles. The van der Waals surface area contributed by atoms with Gasteiger partial charge in [0.25, 0.3) is 9.84 Å². The van der Waals surface area contributed by atoms with Crippen LogP contribution in [-0.2, 0) is 9.84 Å². The number of aromatic nitrogens is 1. The van der Waals surface area contributed by atoms with Crippen LogP contribution in [0.4, 0.5) is 0 Å². The average molecular weight is 294 g/mol. The van der Waals surface area contributed by atoms with Crippen molar-refractivity contribution in [1.29, 1.82) is 5.26 Å². The van der Waals surface area contributed by atoms with E-state index in [1.165, 1.54) is 17.7 Å². The van der Waals surface area contributed by atoms with Crippen molar-refractivity contribution >= 4 is 20.6 Å². The lowest BCUT2D eigenvalue weighted by atomic mass is 10.0. The van der Waals surface area contributed by atoms with Crippen molar-refractivity contribution in [3.8, 4) is 16.5 Å². The number of hydrogen-bond acceptors (Lipinski definition) is 4. The first-order valence-corrected chi connectivity index (χ1v) is 7.69. The molecule has 0 bridgehead atoms. The Hall–Kier alpha value is -2.71. The van der Waals surface area contributed by atoms with Crippen molar-refractivity contribution in [3.05, 3.63) is 60.9 Å². The van der Waals surface area contributed by atoms with Crippen LogP contribution in [-0.4, -0.2) is 13.4 Å². The van der Waals surface area contributed by atoms with Gasteiger partial charge in [-0.05, 0) is 29.3 Å². The summed E-state index contributed by atoms with van der Waals surface area (Å²) in [6.07, 6.45) is 3.11. The number of rotatable bonds is 2. The predicted octanol–water partition coefficient (Wildman–Crippen LogP) is 3.16. The summed E-state index contributed by atoms with van der Waals surface area (Å²) in [5.41, 5.74) is 1.63. The topological polar surface area (TPSA) is 70.8 Å². The maximum atomic E-state index is 12.0. The fraction of sp³-hybridized carbons (Fsp3) is 0. The first-order chi connectivity index (χ1) is 10.1. The molecule has 0 saturated carbocycles. The number of pyridine rings is 1. The molecule has 0 aliphatic rings. The van der Waals surface area contributed by atoms with E-state index in [9.17, 15) is 8.42 Å². The monoisotopic (exact) mass is 294 g/mol. The molecule has 0 amide bonds. The van der Waals surface area contributed by atoms with Crippen LogP contribution in [0.15, 0.2) is 65.8 Å². The molecule has 0 aliphatic heterocycles. The number of sulfone groups is 1. The van der Waals surface area contributed by atoms with E-state index in [0.717, 1.165) is 11.1 Å². The van der Waals surface area contributed by atoms with Gasteiger partial charge in [0.05, 0.1) is 4.90 Å². The fourth-order valence-electron chi connectivity index (χ4n) is 2.24. The second kappa shape index (κ2) is 5.00. The molecule has 21 heavy (non-hydrogen) atoms. The van der Waals surface area contributed by atoms with Crippen molar-refractivity contribution in [2.75, 3.05) is 0 Å². The van der Waals surface area contributed by atoms with Crippen LogP contribution in [0.3, 0.4) is 0 Å². The van der Waals surface area contributed by atoms with Crippen molar-refractivity contribution in [2.45, 2.75) is 4.90 Å². The third-order valence-corrected chi connectivity index (χ3v) is 4.39. The smallest absolute Gasteiger partial charge is 0.264 e. The van der Waals surface area contributed by atoms with E-state index in [-0.39, 0.29) is 4.90 Å². The SMILES string of the molecule is N#CS(=O)(=O)c1cc(-c2ccccc2)cc2cnccc12. The zero-order valence-corrected chi connectivity index (χ0v) is 11.7. The number of benzene rings is 2. The summed E-state index contributed by atoms with van der Waals surface area (Å²) < 4.78 is 24.0. The van der Waals surface area contributed by atoms with Gasteiger partial charge in [0.2, 0.25) is 0 Å². The van der Waals surface area contributed by atoms with E-state index in [4.69, 9.17) is 5.26 Å². The molecule has 3 rings (SSSR count). The van der Waals surface area contributed by atoms with Crippen LogP contribution < -0.4 is 0 Å². The lowest BCUT2D eigenvalue weighted by molar-refractivity contribution is 0.606. The quantitative estimate of drug-likeness (QED) is 0.537. The molecule has 2 aromatic carbocycles. The molecule has 0 atom stereocenters. The molecule has 5 heteroatoms. The van der Waals surface area contributed by atoms with Gasteiger partial charge in [0, 0.05) is 23.2 Å². The summed E-state index contributed by atoms with van der Waals surface area (Å²) in [7, 11) is -3.98. The minimum Gasteiger partial charge on any atom is -0.264 e. The second-order valence-corrected chi connectivity index (χ2v) is 6.16. The predicted molar refractivity (Wildman–Crippen MR) is 80.0 cm³/mol. The molecule has 0 radical (unpaired) electrons. The van der Waals surface area contributed by atoms with Crippen molar-refractivity contribution < 1.29 is 8.42 Å². The highest BCUT2D eigenvalue weighted by Crippen LogP contribution is 2.30. The summed E-state index contributed by atoms with van der Waals surface area (Å²) in [5.74, 6) is 0. The van der Waals surface area contributed by atoms with Gasteiger partial charge < -0.3 is 0 Å². The molecule has 0 saturated heterocycles. The molecule has 0 aliphatic carbocycles. The van der Waals surface area contributed by atoms with Gasteiger partial charge in [-0.2, -0.15) is 5.26 Å². The van der Waals surface area contributed by atoms with Gasteiger partial charge in [-0.15, -0.1) is 0 Å². The summed E-state index contributed by atoms with van der Waals surface area (Å²) in [4.78, 5) is 4.04. The van der Waals surface area contributed by atoms with Gasteiger partial charge in [-0.1, -0.05) is 30.3 Å². The molecule has 0 unspecified atom stereocenters. The van der Waals surface area contributed by atoms with E-state index >= 15 is 0 Å². The number of hydrogen-bond donors (Lipinski definition) is 0. The van der Waals surface area contributed by atoms with Crippen LogP contribution in [0.2, 0.25) is 0 Å². The molecular formula is C16H10N2O2S. The first-order valence-electron chi connectivity index (χ1n) is 6.21. The van der Waals surface area contributed by atoms with Crippen LogP contribution >= 0.6 is 0 Å². The van der Waals surface area contributed by atoms with E-state index in [1.807, 2.05) is 36.4 Å². The maximum Gasteiger partial charge on any atom is 0.270 e. The number of nitriles is 1. The highest BCUT2D eigenvalue weighted by Gasteiger charge is 2.18. The Morgan fingerprint density at radius 1 is 1.00 bits per heavy atom. The van der Waals surface area contributed by atoms with Gasteiger partial charge in [0.1, 0.15) is 0 Å². The third-order valence-electron chi connectivity index (χ3n) is 3.23. The van der Waals surface area contributed by atoms with E-state index in [0.29, 0.717) is 10.8 Å². The normalized spacial score (nSPS) is 11.2. The molecule has 0 N–H and O–H groups in total. The average Bonchev–Trinajstić information content (AvgIpc) is 2.54. The van der Waals surface area contributed by atoms with Crippen LogP contribution in [0.25, 0.3) is 21.9 Å². The number of nitrogens with zero attached hydrogens (tertiary/aromatic N) is 2. The first kappa shape index (κ1) is 13.3. The van der Waals surface area contributed by atoms with Gasteiger partial charge in [-0.3, -0.25) is 4.98 Å². The molecule has 0 spiro atoms. The molecular weight excluding hydrogens is 284 g/mol. The minimum absolute atomic E-state index is 0.0174. The Bertz CT molecular complexity index is 958. The lowest BCUT2D eigenvalue weighted by Crippen LogP contribution is -1.98. The number of thiocyanates is 1. The molecule has 3 aromatic rings. The lowest BCUT2D eigenvalue weighted by Gasteiger charge is -2.08. The fourth-order valence-corrected chi connectivity index (χ4v) is 3.10. The van der Waals surface area contributed by atoms with Crippen LogP contribution in [0.1, 0.15) is 0 Å². The molecule has 102 valence electrons. The van der Waals surface area contributed by atoms with Crippen LogP contribution in [0, 0.1) is 10.7 Å². The van der Waals surface area contributed by atoms with E-state index in [2.05, 4.69) is 4.98 Å². The van der Waals surface area contributed by atoms with Gasteiger partial charge in [0.15, 0.2) is 5.40 Å². The summed E-state index contributed by atoms with van der Waals surface area (Å²) in [6, 6.07) is 14.4. The zero-order chi connectivity index (χ0) is 14.9.